The lowest BCUT2D eigenvalue weighted by Gasteiger charge is -2.20. The van der Waals surface area contributed by atoms with Gasteiger partial charge in [0.2, 0.25) is 0 Å². The first kappa shape index (κ1) is 11.7. The Bertz CT molecular complexity index is 465. The average molecular weight is 251 g/mol. The third-order valence-corrected chi connectivity index (χ3v) is 3.31. The normalized spacial score (nSPS) is 12.6. The molecule has 2 aromatic heterocycles. The van der Waals surface area contributed by atoms with E-state index in [0.717, 1.165) is 4.88 Å². The van der Waals surface area contributed by atoms with Crippen molar-refractivity contribution in [3.05, 3.63) is 28.2 Å². The van der Waals surface area contributed by atoms with Crippen molar-refractivity contribution in [1.82, 2.24) is 25.9 Å². The largest absolute Gasteiger partial charge is 0.341 e. The Labute approximate surface area is 102 Å². The molecule has 0 radical (unpaired) electrons. The molecule has 1 unspecified atom stereocenters. The van der Waals surface area contributed by atoms with Gasteiger partial charge >= 0.3 is 0 Å². The smallest absolute Gasteiger partial charge is 0.293 e. The van der Waals surface area contributed by atoms with E-state index in [1.807, 2.05) is 17.5 Å². The molecule has 17 heavy (non-hydrogen) atoms. The van der Waals surface area contributed by atoms with E-state index in [1.54, 1.807) is 11.3 Å². The van der Waals surface area contributed by atoms with E-state index < -0.39 is 0 Å². The molecule has 0 aliphatic rings. The van der Waals surface area contributed by atoms with Crippen molar-refractivity contribution >= 4 is 17.2 Å². The van der Waals surface area contributed by atoms with Gasteiger partial charge in [-0.1, -0.05) is 19.9 Å². The zero-order valence-electron chi connectivity index (χ0n) is 9.54. The molecule has 2 aromatic rings. The van der Waals surface area contributed by atoms with E-state index in [4.69, 9.17) is 0 Å². The topological polar surface area (TPSA) is 83.6 Å². The van der Waals surface area contributed by atoms with E-state index in [-0.39, 0.29) is 17.8 Å². The molecule has 90 valence electrons. The molecule has 6 nitrogen and oxygen atoms in total. The van der Waals surface area contributed by atoms with Gasteiger partial charge in [-0.3, -0.25) is 4.79 Å². The Balaban J connectivity index is 2.12. The fourth-order valence-corrected chi connectivity index (χ4v) is 2.45. The number of thiophene rings is 1. The van der Waals surface area contributed by atoms with Gasteiger partial charge in [0, 0.05) is 4.88 Å². The summed E-state index contributed by atoms with van der Waals surface area (Å²) in [7, 11) is 0. The second-order valence-corrected chi connectivity index (χ2v) is 4.93. The standard InChI is InChI=1S/C10H13N5OS/c1-6(2)8(7-4-3-5-17-7)11-10(16)9-12-14-15-13-9/h3-6,8H,1-2H3,(H,11,16)(H,12,13,14,15). The van der Waals surface area contributed by atoms with Crippen LogP contribution in [0.4, 0.5) is 0 Å². The fourth-order valence-electron chi connectivity index (χ4n) is 1.50. The third kappa shape index (κ3) is 2.68. The fraction of sp³-hybridized carbons (Fsp3) is 0.400. The first-order valence-corrected chi connectivity index (χ1v) is 6.14. The van der Waals surface area contributed by atoms with Crippen molar-refractivity contribution in [2.24, 2.45) is 5.92 Å². The molecule has 0 fully saturated rings. The molecule has 7 heteroatoms. The number of H-pyrrole nitrogens is 1. The summed E-state index contributed by atoms with van der Waals surface area (Å²) in [4.78, 5) is 12.9. The second-order valence-electron chi connectivity index (χ2n) is 3.95. The number of carbonyl (C=O) groups is 1. The van der Waals surface area contributed by atoms with Crippen molar-refractivity contribution < 1.29 is 4.79 Å². The highest BCUT2D eigenvalue weighted by atomic mass is 32.1. The molecular formula is C10H13N5OS. The minimum atomic E-state index is -0.314. The molecule has 0 aromatic carbocycles. The monoisotopic (exact) mass is 251 g/mol. The summed E-state index contributed by atoms with van der Waals surface area (Å²) >= 11 is 1.62. The van der Waals surface area contributed by atoms with Gasteiger partial charge in [-0.15, -0.1) is 21.5 Å². The van der Waals surface area contributed by atoms with Gasteiger partial charge in [0.05, 0.1) is 6.04 Å². The summed E-state index contributed by atoms with van der Waals surface area (Å²) in [6.07, 6.45) is 0. The zero-order valence-corrected chi connectivity index (χ0v) is 10.4. The van der Waals surface area contributed by atoms with Crippen LogP contribution in [0.3, 0.4) is 0 Å². The summed E-state index contributed by atoms with van der Waals surface area (Å²) in [6, 6.07) is 3.95. The molecular weight excluding hydrogens is 238 g/mol. The van der Waals surface area contributed by atoms with E-state index >= 15 is 0 Å². The Morgan fingerprint density at radius 2 is 2.35 bits per heavy atom. The first-order chi connectivity index (χ1) is 8.18. The molecule has 1 atom stereocenters. The van der Waals surface area contributed by atoms with Crippen LogP contribution in [0.25, 0.3) is 0 Å². The Hall–Kier alpha value is -1.76. The molecule has 0 bridgehead atoms. The van der Waals surface area contributed by atoms with Crippen molar-refractivity contribution in [3.8, 4) is 0 Å². The van der Waals surface area contributed by atoms with Gasteiger partial charge in [-0.2, -0.15) is 5.21 Å². The van der Waals surface area contributed by atoms with E-state index in [2.05, 4.69) is 39.8 Å². The van der Waals surface area contributed by atoms with Crippen molar-refractivity contribution in [2.75, 3.05) is 0 Å². The van der Waals surface area contributed by atoms with Crippen LogP contribution in [0.1, 0.15) is 35.4 Å². The second kappa shape index (κ2) is 5.05. The quantitative estimate of drug-likeness (QED) is 0.860. The predicted octanol–water partition coefficient (Wildman–Crippen LogP) is 1.39. The van der Waals surface area contributed by atoms with Crippen LogP contribution < -0.4 is 5.32 Å². The molecule has 2 rings (SSSR count). The van der Waals surface area contributed by atoms with Gasteiger partial charge in [0.25, 0.3) is 11.7 Å². The molecule has 0 aliphatic heterocycles. The summed E-state index contributed by atoms with van der Waals surface area (Å²) in [6.45, 7) is 4.11. The highest BCUT2D eigenvalue weighted by Crippen LogP contribution is 2.25. The molecule has 2 heterocycles. The minimum Gasteiger partial charge on any atom is -0.341 e. The number of rotatable bonds is 4. The molecule has 0 saturated carbocycles. The minimum absolute atomic E-state index is 0.0269. The van der Waals surface area contributed by atoms with Crippen LogP contribution in [0, 0.1) is 5.92 Å². The molecule has 1 amide bonds. The zero-order chi connectivity index (χ0) is 12.3. The SMILES string of the molecule is CC(C)C(NC(=O)c1nn[nH]n1)c1cccs1. The van der Waals surface area contributed by atoms with Crippen molar-refractivity contribution in [2.45, 2.75) is 19.9 Å². The number of aromatic amines is 1. The van der Waals surface area contributed by atoms with Crippen LogP contribution in [-0.2, 0) is 0 Å². The number of hydrogen-bond acceptors (Lipinski definition) is 5. The summed E-state index contributed by atoms with van der Waals surface area (Å²) < 4.78 is 0. The summed E-state index contributed by atoms with van der Waals surface area (Å²) in [5.74, 6) is 0.0440. The Morgan fingerprint density at radius 3 is 2.88 bits per heavy atom. The number of carbonyl (C=O) groups excluding carboxylic acids is 1. The molecule has 0 aliphatic carbocycles. The van der Waals surface area contributed by atoms with Crippen LogP contribution in [0.15, 0.2) is 17.5 Å². The lowest BCUT2D eigenvalue weighted by molar-refractivity contribution is 0.0916. The molecule has 0 saturated heterocycles. The lowest BCUT2D eigenvalue weighted by Crippen LogP contribution is -2.32. The average Bonchev–Trinajstić information content (AvgIpc) is 2.97. The molecule has 2 N–H and O–H groups in total. The highest BCUT2D eigenvalue weighted by Gasteiger charge is 2.21. The van der Waals surface area contributed by atoms with Crippen LogP contribution in [0.5, 0.6) is 0 Å². The molecule has 0 spiro atoms. The maximum absolute atomic E-state index is 11.8. The van der Waals surface area contributed by atoms with Gasteiger partial charge < -0.3 is 5.32 Å². The highest BCUT2D eigenvalue weighted by molar-refractivity contribution is 7.10. The first-order valence-electron chi connectivity index (χ1n) is 5.26. The number of nitrogens with one attached hydrogen (secondary N) is 2. The summed E-state index contributed by atoms with van der Waals surface area (Å²) in [5, 5.41) is 17.8. The Morgan fingerprint density at radius 1 is 1.53 bits per heavy atom. The Kier molecular flexibility index (Phi) is 3.48. The van der Waals surface area contributed by atoms with Gasteiger partial charge in [0.1, 0.15) is 0 Å². The number of hydrogen-bond donors (Lipinski definition) is 2. The number of aromatic nitrogens is 4. The van der Waals surface area contributed by atoms with E-state index in [0.29, 0.717) is 5.92 Å². The van der Waals surface area contributed by atoms with Gasteiger partial charge in [-0.05, 0) is 22.6 Å². The van der Waals surface area contributed by atoms with E-state index in [1.165, 1.54) is 0 Å². The van der Waals surface area contributed by atoms with Crippen molar-refractivity contribution in [3.63, 3.8) is 0 Å². The maximum atomic E-state index is 11.8. The van der Waals surface area contributed by atoms with Gasteiger partial charge in [0.15, 0.2) is 0 Å². The van der Waals surface area contributed by atoms with E-state index in [9.17, 15) is 4.79 Å². The van der Waals surface area contributed by atoms with Crippen molar-refractivity contribution in [1.29, 1.82) is 0 Å². The lowest BCUT2D eigenvalue weighted by atomic mass is 10.0. The third-order valence-electron chi connectivity index (χ3n) is 2.35. The summed E-state index contributed by atoms with van der Waals surface area (Å²) in [5.41, 5.74) is 0. The van der Waals surface area contributed by atoms with Crippen LogP contribution in [-0.4, -0.2) is 26.5 Å². The maximum Gasteiger partial charge on any atom is 0.293 e. The number of tetrazole rings is 1. The number of amides is 1. The predicted molar refractivity (Wildman–Crippen MR) is 63.5 cm³/mol. The number of nitrogens with zero attached hydrogens (tertiary/aromatic N) is 3. The van der Waals surface area contributed by atoms with Crippen LogP contribution in [0.2, 0.25) is 0 Å². The van der Waals surface area contributed by atoms with Crippen LogP contribution >= 0.6 is 11.3 Å². The van der Waals surface area contributed by atoms with Gasteiger partial charge in [-0.25, -0.2) is 0 Å².